The van der Waals surface area contributed by atoms with Crippen LogP contribution in [-0.4, -0.2) is 74.4 Å². The third-order valence-electron chi connectivity index (χ3n) is 9.68. The summed E-state index contributed by atoms with van der Waals surface area (Å²) in [6.07, 6.45) is 10.7. The highest BCUT2D eigenvalue weighted by Gasteiger charge is 2.73. The first-order valence-electron chi connectivity index (χ1n) is 12.5. The van der Waals surface area contributed by atoms with Crippen molar-refractivity contribution in [3.63, 3.8) is 0 Å². The van der Waals surface area contributed by atoms with Gasteiger partial charge in [0.2, 0.25) is 0 Å². The monoisotopic (exact) mass is 405 g/mol. The number of nitrogens with one attached hydrogen (secondary N) is 1. The minimum absolute atomic E-state index is 0.0574. The number of hydrogen-bond acceptors (Lipinski definition) is 4. The summed E-state index contributed by atoms with van der Waals surface area (Å²) in [7, 11) is 6.60. The maximum absolute atomic E-state index is 7.00. The highest BCUT2D eigenvalue weighted by molar-refractivity contribution is 5.24. The predicted octanol–water partition coefficient (Wildman–Crippen LogP) is 4.00. The molecule has 3 saturated carbocycles. The second-order valence-corrected chi connectivity index (χ2v) is 11.8. The van der Waals surface area contributed by atoms with E-state index in [4.69, 9.17) is 4.74 Å². The van der Waals surface area contributed by atoms with Crippen molar-refractivity contribution in [1.29, 1.82) is 0 Å². The Morgan fingerprint density at radius 1 is 0.966 bits per heavy atom. The zero-order valence-corrected chi connectivity index (χ0v) is 20.1. The number of rotatable bonds is 10. The Morgan fingerprint density at radius 3 is 2.48 bits per heavy atom. The van der Waals surface area contributed by atoms with Crippen molar-refractivity contribution in [3.05, 3.63) is 0 Å². The molecule has 3 aliphatic carbocycles. The van der Waals surface area contributed by atoms with E-state index in [1.165, 1.54) is 71.0 Å². The van der Waals surface area contributed by atoms with Crippen LogP contribution in [0.3, 0.4) is 0 Å². The summed E-state index contributed by atoms with van der Waals surface area (Å²) in [4.78, 5) is 4.78. The lowest BCUT2D eigenvalue weighted by molar-refractivity contribution is -0.115. The van der Waals surface area contributed by atoms with E-state index in [0.29, 0.717) is 17.4 Å². The van der Waals surface area contributed by atoms with E-state index >= 15 is 0 Å². The quantitative estimate of drug-likeness (QED) is 0.556. The second kappa shape index (κ2) is 8.07. The average molecular weight is 406 g/mol. The fraction of sp³-hybridized carbons (Fsp3) is 1.00. The van der Waals surface area contributed by atoms with Crippen LogP contribution in [0.1, 0.15) is 72.1 Å². The molecule has 1 aliphatic heterocycles. The van der Waals surface area contributed by atoms with Crippen LogP contribution in [0.2, 0.25) is 0 Å². The first-order valence-corrected chi connectivity index (χ1v) is 12.5. The maximum atomic E-state index is 7.00. The lowest BCUT2D eigenvalue weighted by atomic mass is 9.49. The van der Waals surface area contributed by atoms with E-state index in [2.05, 4.69) is 57.0 Å². The van der Waals surface area contributed by atoms with Crippen LogP contribution >= 0.6 is 0 Å². The first-order chi connectivity index (χ1) is 13.7. The van der Waals surface area contributed by atoms with Crippen molar-refractivity contribution in [2.24, 2.45) is 23.2 Å². The van der Waals surface area contributed by atoms with Crippen LogP contribution in [0.15, 0.2) is 0 Å². The number of unbranched alkanes of at least 4 members (excludes halogenated alkanes) is 1. The van der Waals surface area contributed by atoms with Crippen molar-refractivity contribution in [1.82, 2.24) is 15.1 Å². The number of ether oxygens (including phenoxy) is 1. The van der Waals surface area contributed by atoms with Gasteiger partial charge in [0.25, 0.3) is 0 Å². The van der Waals surface area contributed by atoms with E-state index < -0.39 is 0 Å². The molecule has 1 N–H and O–H groups in total. The van der Waals surface area contributed by atoms with Gasteiger partial charge in [0.15, 0.2) is 0 Å². The molecule has 4 aliphatic rings. The van der Waals surface area contributed by atoms with Crippen LogP contribution in [0, 0.1) is 23.2 Å². The lowest BCUT2D eigenvalue weighted by Crippen LogP contribution is -2.62. The van der Waals surface area contributed by atoms with Gasteiger partial charge in [-0.25, -0.2) is 0 Å². The van der Waals surface area contributed by atoms with E-state index in [1.54, 1.807) is 0 Å². The van der Waals surface area contributed by atoms with E-state index in [9.17, 15) is 0 Å². The zero-order valence-electron chi connectivity index (χ0n) is 20.1. The summed E-state index contributed by atoms with van der Waals surface area (Å²) in [6, 6.07) is 0.564. The van der Waals surface area contributed by atoms with Gasteiger partial charge in [-0.3, -0.25) is 0 Å². The first kappa shape index (κ1) is 22.0. The fourth-order valence-electron chi connectivity index (χ4n) is 8.08. The molecule has 4 nitrogen and oxygen atoms in total. The van der Waals surface area contributed by atoms with Crippen LogP contribution in [0.4, 0.5) is 0 Å². The number of fused-ring (bicyclic) bond motifs is 2. The molecule has 0 aromatic heterocycles. The molecule has 7 atom stereocenters. The molecule has 0 aromatic rings. The molecule has 4 heteroatoms. The van der Waals surface area contributed by atoms with Gasteiger partial charge < -0.3 is 19.9 Å². The molecule has 1 heterocycles. The Labute approximate surface area is 180 Å². The van der Waals surface area contributed by atoms with Crippen molar-refractivity contribution in [2.75, 3.05) is 47.3 Å². The third-order valence-corrected chi connectivity index (χ3v) is 9.68. The molecule has 0 aromatic carbocycles. The topological polar surface area (TPSA) is 27.7 Å². The molecule has 0 unspecified atom stereocenters. The molecule has 1 saturated heterocycles. The van der Waals surface area contributed by atoms with Gasteiger partial charge >= 0.3 is 0 Å². The fourth-order valence-corrected chi connectivity index (χ4v) is 8.08. The molecular formula is C25H47N3O. The van der Waals surface area contributed by atoms with Gasteiger partial charge in [-0.2, -0.15) is 0 Å². The summed E-state index contributed by atoms with van der Waals surface area (Å²) in [6.45, 7) is 12.2. The molecule has 1 spiro atoms. The molecule has 4 fully saturated rings. The summed E-state index contributed by atoms with van der Waals surface area (Å²) in [5.74, 6) is 2.38. The van der Waals surface area contributed by atoms with Crippen LogP contribution in [-0.2, 0) is 4.74 Å². The lowest BCUT2D eigenvalue weighted by Gasteiger charge is -2.55. The van der Waals surface area contributed by atoms with Gasteiger partial charge in [0, 0.05) is 12.0 Å². The van der Waals surface area contributed by atoms with Gasteiger partial charge in [-0.05, 0) is 130 Å². The third kappa shape index (κ3) is 3.70. The summed E-state index contributed by atoms with van der Waals surface area (Å²) in [5, 5.41) is 4.04. The smallest absolute Gasteiger partial charge is 0.0851 e. The summed E-state index contributed by atoms with van der Waals surface area (Å²) >= 11 is 0. The Bertz CT molecular complexity index is 582. The highest BCUT2D eigenvalue weighted by atomic mass is 16.5. The standard InChI is InChI=1S/C25H47N3O/c1-19-10-11-21-24(3)22(20-18-25(19,21)13-12-23(20,2)29-24)26-14-7-8-16-28(6)17-9-15-27(4)5/h19-22,26H,7-18H2,1-6H3/t19-,20-,21-,22+,23-,24+,25+/m1/s1. The molecule has 4 rings (SSSR count). The molecule has 0 radical (unpaired) electrons. The Morgan fingerprint density at radius 2 is 1.72 bits per heavy atom. The predicted molar refractivity (Wildman–Crippen MR) is 121 cm³/mol. The van der Waals surface area contributed by atoms with E-state index in [1.807, 2.05) is 0 Å². The van der Waals surface area contributed by atoms with Gasteiger partial charge in [-0.1, -0.05) is 6.92 Å². The van der Waals surface area contributed by atoms with Crippen LogP contribution < -0.4 is 5.32 Å². The number of nitrogens with zero attached hydrogens (tertiary/aromatic N) is 2. The average Bonchev–Trinajstić information content (AvgIpc) is 3.02. The molecule has 29 heavy (non-hydrogen) atoms. The van der Waals surface area contributed by atoms with Gasteiger partial charge in [0.05, 0.1) is 11.2 Å². The van der Waals surface area contributed by atoms with Crippen LogP contribution in [0.25, 0.3) is 0 Å². The Kier molecular flexibility index (Phi) is 6.14. The molecule has 3 bridgehead atoms. The van der Waals surface area contributed by atoms with Crippen LogP contribution in [0.5, 0.6) is 0 Å². The van der Waals surface area contributed by atoms with Crippen molar-refractivity contribution in [3.8, 4) is 0 Å². The van der Waals surface area contributed by atoms with Crippen molar-refractivity contribution < 1.29 is 4.74 Å². The maximum Gasteiger partial charge on any atom is 0.0851 e. The van der Waals surface area contributed by atoms with Crippen molar-refractivity contribution >= 4 is 0 Å². The normalized spacial score (nSPS) is 45.5. The second-order valence-electron chi connectivity index (χ2n) is 11.8. The zero-order chi connectivity index (χ0) is 20.9. The summed E-state index contributed by atoms with van der Waals surface area (Å²) in [5.41, 5.74) is 0.763. The van der Waals surface area contributed by atoms with Crippen molar-refractivity contribution in [2.45, 2.75) is 89.4 Å². The van der Waals surface area contributed by atoms with E-state index in [0.717, 1.165) is 18.4 Å². The Balaban J connectivity index is 1.28. The SMILES string of the molecule is C[C@@H]1CC[C@H]2[C@]13CC[C@@]1(C)O[C@]2(C)[C@@H](NCCCCN(C)CCCN(C)C)[C@H]1C3. The summed E-state index contributed by atoms with van der Waals surface area (Å²) < 4.78 is 7.00. The van der Waals surface area contributed by atoms with Gasteiger partial charge in [-0.15, -0.1) is 0 Å². The Hall–Kier alpha value is -0.160. The molecule has 168 valence electrons. The van der Waals surface area contributed by atoms with Gasteiger partial charge in [0.1, 0.15) is 0 Å². The molecular weight excluding hydrogens is 358 g/mol. The van der Waals surface area contributed by atoms with E-state index in [-0.39, 0.29) is 11.2 Å². The minimum Gasteiger partial charge on any atom is -0.367 e. The minimum atomic E-state index is 0.0574. The largest absolute Gasteiger partial charge is 0.367 e. The number of hydrogen-bond donors (Lipinski definition) is 1. The molecule has 0 amide bonds. The highest BCUT2D eigenvalue weighted by Crippen LogP contribution is 2.72.